The van der Waals surface area contributed by atoms with Gasteiger partial charge in [-0.3, -0.25) is 14.5 Å². The highest BCUT2D eigenvalue weighted by Crippen LogP contribution is 2.15. The van der Waals surface area contributed by atoms with Crippen LogP contribution < -0.4 is 5.32 Å². The van der Waals surface area contributed by atoms with Crippen molar-refractivity contribution < 1.29 is 9.59 Å². The monoisotopic (exact) mass is 328 g/mol. The fourth-order valence-corrected chi connectivity index (χ4v) is 3.15. The number of aryl methyl sites for hydroxylation is 1. The average Bonchev–Trinajstić information content (AvgIpc) is 3.03. The summed E-state index contributed by atoms with van der Waals surface area (Å²) in [4.78, 5) is 27.8. The van der Waals surface area contributed by atoms with E-state index < -0.39 is 0 Å². The van der Waals surface area contributed by atoms with E-state index >= 15 is 0 Å². The largest absolute Gasteiger partial charge is 0.358 e. The van der Waals surface area contributed by atoms with E-state index in [1.807, 2.05) is 23.2 Å². The van der Waals surface area contributed by atoms with Gasteiger partial charge in [-0.05, 0) is 17.5 Å². The van der Waals surface area contributed by atoms with Crippen molar-refractivity contribution in [3.63, 3.8) is 0 Å². The van der Waals surface area contributed by atoms with E-state index in [2.05, 4.69) is 33.0 Å². The lowest BCUT2D eigenvalue weighted by molar-refractivity contribution is -0.133. The predicted octanol–water partition coefficient (Wildman–Crippen LogP) is 0.922. The van der Waals surface area contributed by atoms with Gasteiger partial charge < -0.3 is 14.8 Å². The first-order chi connectivity index (χ1) is 11.7. The van der Waals surface area contributed by atoms with E-state index in [9.17, 15) is 9.59 Å². The summed E-state index contributed by atoms with van der Waals surface area (Å²) in [6, 6.07) is 10.3. The zero-order chi connectivity index (χ0) is 16.9. The summed E-state index contributed by atoms with van der Waals surface area (Å²) in [6.45, 7) is 4.01. The van der Waals surface area contributed by atoms with Gasteiger partial charge >= 0.3 is 0 Å². The van der Waals surface area contributed by atoms with Crippen LogP contribution in [0.15, 0.2) is 36.5 Å². The van der Waals surface area contributed by atoms with Gasteiger partial charge in [0, 0.05) is 57.9 Å². The lowest BCUT2D eigenvalue weighted by Gasteiger charge is -2.34. The molecule has 1 saturated heterocycles. The van der Waals surface area contributed by atoms with Gasteiger partial charge in [-0.2, -0.15) is 0 Å². The maximum atomic E-state index is 12.4. The summed E-state index contributed by atoms with van der Waals surface area (Å²) < 4.78 is 2.13. The summed E-state index contributed by atoms with van der Waals surface area (Å²) >= 11 is 0. The first-order valence-corrected chi connectivity index (χ1v) is 8.42. The van der Waals surface area contributed by atoms with Gasteiger partial charge in [0.1, 0.15) is 0 Å². The molecule has 2 amide bonds. The molecular weight excluding hydrogens is 304 g/mol. The quantitative estimate of drug-likeness (QED) is 0.888. The number of rotatable bonds is 5. The molecule has 24 heavy (non-hydrogen) atoms. The van der Waals surface area contributed by atoms with Gasteiger partial charge in [0.05, 0.1) is 6.54 Å². The molecule has 128 valence electrons. The number of carbonyl (C=O) groups excluding carboxylic acids is 2. The van der Waals surface area contributed by atoms with Gasteiger partial charge in [-0.15, -0.1) is 0 Å². The summed E-state index contributed by atoms with van der Waals surface area (Å²) in [5.41, 5.74) is 1.17. The average molecular weight is 328 g/mol. The lowest BCUT2D eigenvalue weighted by atomic mass is 10.2. The van der Waals surface area contributed by atoms with Crippen molar-refractivity contribution >= 4 is 22.7 Å². The molecular formula is C18H24N4O2. The molecule has 1 aliphatic heterocycles. The third-order valence-corrected chi connectivity index (χ3v) is 4.62. The van der Waals surface area contributed by atoms with Crippen LogP contribution in [0.4, 0.5) is 0 Å². The van der Waals surface area contributed by atoms with Crippen LogP contribution in [-0.2, 0) is 16.1 Å². The first-order valence-electron chi connectivity index (χ1n) is 8.42. The zero-order valence-electron chi connectivity index (χ0n) is 14.1. The molecule has 0 unspecified atom stereocenters. The highest BCUT2D eigenvalue weighted by atomic mass is 16.2. The minimum Gasteiger partial charge on any atom is -0.358 e. The summed E-state index contributed by atoms with van der Waals surface area (Å²) in [5.74, 6) is 0.210. The van der Waals surface area contributed by atoms with Crippen LogP contribution in [0.2, 0.25) is 0 Å². The Morgan fingerprint density at radius 2 is 1.83 bits per heavy atom. The normalized spacial score (nSPS) is 15.6. The van der Waals surface area contributed by atoms with Crippen molar-refractivity contribution in [3.8, 4) is 0 Å². The Morgan fingerprint density at radius 3 is 2.58 bits per heavy atom. The number of likely N-dealkylation sites (N-methyl/N-ethyl adjacent to an activating group) is 1. The second-order valence-electron chi connectivity index (χ2n) is 6.15. The van der Waals surface area contributed by atoms with Crippen molar-refractivity contribution in [2.75, 3.05) is 39.8 Å². The van der Waals surface area contributed by atoms with E-state index in [-0.39, 0.29) is 11.8 Å². The van der Waals surface area contributed by atoms with E-state index in [4.69, 9.17) is 0 Å². The molecule has 0 spiro atoms. The Kier molecular flexibility index (Phi) is 5.15. The Balaban J connectivity index is 1.49. The van der Waals surface area contributed by atoms with E-state index in [1.165, 1.54) is 10.9 Å². The third kappa shape index (κ3) is 3.76. The topological polar surface area (TPSA) is 57.6 Å². The molecule has 3 rings (SSSR count). The van der Waals surface area contributed by atoms with Gasteiger partial charge in [0.15, 0.2) is 0 Å². The number of piperazine rings is 1. The Morgan fingerprint density at radius 1 is 1.08 bits per heavy atom. The molecule has 0 saturated carbocycles. The van der Waals surface area contributed by atoms with Crippen molar-refractivity contribution in [1.82, 2.24) is 19.7 Å². The predicted molar refractivity (Wildman–Crippen MR) is 93.6 cm³/mol. The standard InChI is InChI=1S/C18H24N4O2/c1-19-17(23)14-20-10-12-22(13-11-20)18(24)7-9-21-8-6-15-4-2-3-5-16(15)21/h2-6,8H,7,9-14H2,1H3,(H,19,23). The van der Waals surface area contributed by atoms with Crippen LogP contribution in [0.25, 0.3) is 10.9 Å². The van der Waals surface area contributed by atoms with Crippen molar-refractivity contribution in [1.29, 1.82) is 0 Å². The van der Waals surface area contributed by atoms with Crippen molar-refractivity contribution in [2.45, 2.75) is 13.0 Å². The highest BCUT2D eigenvalue weighted by molar-refractivity contribution is 5.81. The first kappa shape index (κ1) is 16.5. The molecule has 2 aromatic rings. The van der Waals surface area contributed by atoms with Crippen LogP contribution >= 0.6 is 0 Å². The van der Waals surface area contributed by atoms with Gasteiger partial charge in [-0.1, -0.05) is 18.2 Å². The highest BCUT2D eigenvalue weighted by Gasteiger charge is 2.21. The van der Waals surface area contributed by atoms with Crippen LogP contribution in [0.3, 0.4) is 0 Å². The smallest absolute Gasteiger partial charge is 0.233 e. The molecule has 0 atom stereocenters. The summed E-state index contributed by atoms with van der Waals surface area (Å²) in [5, 5.41) is 3.83. The fraction of sp³-hybridized carbons (Fsp3) is 0.444. The second kappa shape index (κ2) is 7.49. The number of hydrogen-bond donors (Lipinski definition) is 1. The summed E-state index contributed by atoms with van der Waals surface area (Å²) in [7, 11) is 1.65. The molecule has 6 nitrogen and oxygen atoms in total. The molecule has 2 heterocycles. The van der Waals surface area contributed by atoms with Crippen molar-refractivity contribution in [2.24, 2.45) is 0 Å². The van der Waals surface area contributed by atoms with Gasteiger partial charge in [0.25, 0.3) is 0 Å². The summed E-state index contributed by atoms with van der Waals surface area (Å²) in [6.07, 6.45) is 2.55. The third-order valence-electron chi connectivity index (χ3n) is 4.62. The molecule has 6 heteroatoms. The Bertz CT molecular complexity index is 717. The molecule has 0 bridgehead atoms. The maximum Gasteiger partial charge on any atom is 0.233 e. The molecule has 1 N–H and O–H groups in total. The van der Waals surface area contributed by atoms with Crippen LogP contribution in [0.5, 0.6) is 0 Å². The number of hydrogen-bond acceptors (Lipinski definition) is 3. The number of benzene rings is 1. The van der Waals surface area contributed by atoms with Crippen molar-refractivity contribution in [3.05, 3.63) is 36.5 Å². The van der Waals surface area contributed by atoms with Crippen LogP contribution in [0, 0.1) is 0 Å². The molecule has 1 aliphatic rings. The second-order valence-corrected chi connectivity index (χ2v) is 6.15. The van der Waals surface area contributed by atoms with E-state index in [0.29, 0.717) is 32.6 Å². The molecule has 1 aromatic carbocycles. The Hall–Kier alpha value is -2.34. The Labute approximate surface area is 142 Å². The lowest BCUT2D eigenvalue weighted by Crippen LogP contribution is -2.51. The maximum absolute atomic E-state index is 12.4. The molecule has 1 fully saturated rings. The zero-order valence-corrected chi connectivity index (χ0v) is 14.1. The minimum absolute atomic E-state index is 0.0225. The van der Waals surface area contributed by atoms with Gasteiger partial charge in [-0.25, -0.2) is 0 Å². The molecule has 0 aliphatic carbocycles. The van der Waals surface area contributed by atoms with Crippen LogP contribution in [-0.4, -0.2) is 66.0 Å². The number of carbonyl (C=O) groups is 2. The number of nitrogens with one attached hydrogen (secondary N) is 1. The fourth-order valence-electron chi connectivity index (χ4n) is 3.15. The van der Waals surface area contributed by atoms with Crippen LogP contribution in [0.1, 0.15) is 6.42 Å². The minimum atomic E-state index is 0.0225. The molecule has 1 aromatic heterocycles. The number of amides is 2. The molecule has 0 radical (unpaired) electrons. The number of nitrogens with zero attached hydrogens (tertiary/aromatic N) is 3. The number of fused-ring (bicyclic) bond motifs is 1. The van der Waals surface area contributed by atoms with Gasteiger partial charge in [0.2, 0.25) is 11.8 Å². The van der Waals surface area contributed by atoms with E-state index in [1.54, 1.807) is 7.05 Å². The number of aromatic nitrogens is 1. The van der Waals surface area contributed by atoms with E-state index in [0.717, 1.165) is 13.1 Å². The SMILES string of the molecule is CNC(=O)CN1CCN(C(=O)CCn2ccc3ccccc32)CC1. The number of para-hydroxylation sites is 1.